The lowest BCUT2D eigenvalue weighted by atomic mass is 9.81. The van der Waals surface area contributed by atoms with Crippen LogP contribution in [-0.2, 0) is 4.79 Å². The highest BCUT2D eigenvalue weighted by atomic mass is 16.4. The van der Waals surface area contributed by atoms with Crippen molar-refractivity contribution in [2.24, 2.45) is 11.8 Å². The van der Waals surface area contributed by atoms with Gasteiger partial charge in [-0.1, -0.05) is 6.08 Å². The molecule has 1 saturated carbocycles. The Kier molecular flexibility index (Phi) is 3.32. The summed E-state index contributed by atoms with van der Waals surface area (Å²) >= 11 is 0. The van der Waals surface area contributed by atoms with Crippen LogP contribution in [0.15, 0.2) is 12.7 Å². The molecule has 1 rings (SSSR count). The van der Waals surface area contributed by atoms with Crippen LogP contribution in [0.1, 0.15) is 25.7 Å². The summed E-state index contributed by atoms with van der Waals surface area (Å²) in [6, 6.07) is 0. The van der Waals surface area contributed by atoms with Crippen LogP contribution in [-0.4, -0.2) is 11.1 Å². The molecular formula is C10H15O2. The Bertz CT molecular complexity index is 167. The lowest BCUT2D eigenvalue weighted by Crippen LogP contribution is -2.21. The first kappa shape index (κ1) is 9.30. The molecule has 12 heavy (non-hydrogen) atoms. The zero-order chi connectivity index (χ0) is 8.97. The molecule has 0 bridgehead atoms. The second-order valence-electron chi connectivity index (χ2n) is 3.37. The third-order valence-corrected chi connectivity index (χ3v) is 2.46. The quantitative estimate of drug-likeness (QED) is 0.655. The third-order valence-electron chi connectivity index (χ3n) is 2.46. The van der Waals surface area contributed by atoms with E-state index >= 15 is 0 Å². The molecule has 2 heteroatoms. The maximum Gasteiger partial charge on any atom is 0.306 e. The summed E-state index contributed by atoms with van der Waals surface area (Å²) in [6.07, 6.45) is 7.58. The average molecular weight is 167 g/mol. The highest BCUT2D eigenvalue weighted by molar-refractivity contribution is 5.70. The van der Waals surface area contributed by atoms with Gasteiger partial charge in [-0.25, -0.2) is 0 Å². The van der Waals surface area contributed by atoms with E-state index in [0.717, 1.165) is 25.7 Å². The van der Waals surface area contributed by atoms with E-state index in [2.05, 4.69) is 13.0 Å². The van der Waals surface area contributed by atoms with Crippen molar-refractivity contribution in [1.82, 2.24) is 0 Å². The fourth-order valence-electron chi connectivity index (χ4n) is 1.66. The number of hydrogen-bond donors (Lipinski definition) is 1. The van der Waals surface area contributed by atoms with Crippen LogP contribution in [0.4, 0.5) is 0 Å². The van der Waals surface area contributed by atoms with Crippen LogP contribution in [0.5, 0.6) is 0 Å². The van der Waals surface area contributed by atoms with E-state index in [1.807, 2.05) is 6.08 Å². The lowest BCUT2D eigenvalue weighted by molar-refractivity contribution is -0.142. The predicted octanol–water partition coefficient (Wildman–Crippen LogP) is 2.27. The summed E-state index contributed by atoms with van der Waals surface area (Å²) in [5.41, 5.74) is 0. The number of carbonyl (C=O) groups is 1. The van der Waals surface area contributed by atoms with Crippen LogP contribution in [0.25, 0.3) is 0 Å². The molecule has 2 unspecified atom stereocenters. The number of carboxylic acids is 1. The second-order valence-corrected chi connectivity index (χ2v) is 3.37. The van der Waals surface area contributed by atoms with Gasteiger partial charge < -0.3 is 5.11 Å². The van der Waals surface area contributed by atoms with Gasteiger partial charge in [0.2, 0.25) is 0 Å². The van der Waals surface area contributed by atoms with Crippen molar-refractivity contribution in [3.05, 3.63) is 19.1 Å². The molecule has 0 aromatic heterocycles. The standard InChI is InChI=1S/C10H15O2/c1-2-3-8-4-6-9(7-5-8)10(11)12/h2,4,8-9H,1,3,5-7H2,(H,11,12). The van der Waals surface area contributed by atoms with Crippen molar-refractivity contribution in [3.8, 4) is 0 Å². The number of aliphatic carboxylic acids is 1. The normalized spacial score (nSPS) is 29.7. The van der Waals surface area contributed by atoms with Gasteiger partial charge in [-0.15, -0.1) is 6.58 Å². The van der Waals surface area contributed by atoms with Crippen molar-refractivity contribution < 1.29 is 9.90 Å². The Labute approximate surface area is 73.3 Å². The fourth-order valence-corrected chi connectivity index (χ4v) is 1.66. The molecular weight excluding hydrogens is 152 g/mol. The lowest BCUT2D eigenvalue weighted by Gasteiger charge is -2.24. The summed E-state index contributed by atoms with van der Waals surface area (Å²) in [4.78, 5) is 10.6. The van der Waals surface area contributed by atoms with Crippen LogP contribution in [0.2, 0.25) is 0 Å². The van der Waals surface area contributed by atoms with Gasteiger partial charge in [0.15, 0.2) is 0 Å². The first-order chi connectivity index (χ1) is 5.74. The van der Waals surface area contributed by atoms with E-state index in [0.29, 0.717) is 5.92 Å². The van der Waals surface area contributed by atoms with E-state index in [4.69, 9.17) is 5.11 Å². The Morgan fingerprint density at radius 1 is 1.67 bits per heavy atom. The molecule has 0 saturated heterocycles. The molecule has 0 aliphatic heterocycles. The zero-order valence-corrected chi connectivity index (χ0v) is 7.20. The summed E-state index contributed by atoms with van der Waals surface area (Å²) < 4.78 is 0. The van der Waals surface area contributed by atoms with Crippen LogP contribution in [0, 0.1) is 18.3 Å². The Morgan fingerprint density at radius 3 is 2.83 bits per heavy atom. The number of allylic oxidation sites excluding steroid dienone is 1. The van der Waals surface area contributed by atoms with Crippen molar-refractivity contribution in [3.63, 3.8) is 0 Å². The molecule has 0 aromatic rings. The Balaban J connectivity index is 2.29. The number of carboxylic acid groups (broad SMARTS) is 1. The molecule has 67 valence electrons. The maximum atomic E-state index is 10.6. The summed E-state index contributed by atoms with van der Waals surface area (Å²) in [7, 11) is 0. The third kappa shape index (κ3) is 2.36. The molecule has 0 aromatic carbocycles. The van der Waals surface area contributed by atoms with E-state index < -0.39 is 5.97 Å². The number of rotatable bonds is 3. The largest absolute Gasteiger partial charge is 0.481 e. The minimum Gasteiger partial charge on any atom is -0.481 e. The van der Waals surface area contributed by atoms with Gasteiger partial charge >= 0.3 is 5.97 Å². The first-order valence-corrected chi connectivity index (χ1v) is 4.41. The van der Waals surface area contributed by atoms with Gasteiger partial charge in [0.1, 0.15) is 0 Å². The molecule has 0 heterocycles. The highest BCUT2D eigenvalue weighted by Crippen LogP contribution is 2.29. The SMILES string of the molecule is C=CCC1[CH]CC(C(=O)O)CC1. The maximum absolute atomic E-state index is 10.6. The second kappa shape index (κ2) is 4.29. The van der Waals surface area contributed by atoms with Gasteiger partial charge in [0, 0.05) is 0 Å². The monoisotopic (exact) mass is 167 g/mol. The highest BCUT2D eigenvalue weighted by Gasteiger charge is 2.24. The molecule has 0 amide bonds. The first-order valence-electron chi connectivity index (χ1n) is 4.41. The Hall–Kier alpha value is -0.790. The summed E-state index contributed by atoms with van der Waals surface area (Å²) in [6.45, 7) is 3.67. The molecule has 2 atom stereocenters. The van der Waals surface area contributed by atoms with Gasteiger partial charge in [0.05, 0.1) is 5.92 Å². The van der Waals surface area contributed by atoms with Crippen molar-refractivity contribution >= 4 is 5.97 Å². The Morgan fingerprint density at radius 2 is 2.42 bits per heavy atom. The van der Waals surface area contributed by atoms with Crippen LogP contribution < -0.4 is 0 Å². The van der Waals surface area contributed by atoms with Crippen molar-refractivity contribution in [2.45, 2.75) is 25.7 Å². The molecule has 1 radical (unpaired) electrons. The molecule has 2 nitrogen and oxygen atoms in total. The molecule has 1 fully saturated rings. The predicted molar refractivity (Wildman–Crippen MR) is 47.6 cm³/mol. The topological polar surface area (TPSA) is 37.3 Å². The van der Waals surface area contributed by atoms with Gasteiger partial charge in [-0.05, 0) is 38.0 Å². The molecule has 1 N–H and O–H groups in total. The van der Waals surface area contributed by atoms with E-state index in [-0.39, 0.29) is 5.92 Å². The minimum absolute atomic E-state index is 0.133. The van der Waals surface area contributed by atoms with Gasteiger partial charge in [0.25, 0.3) is 0 Å². The van der Waals surface area contributed by atoms with Crippen molar-refractivity contribution in [2.75, 3.05) is 0 Å². The smallest absolute Gasteiger partial charge is 0.306 e. The molecule has 1 aliphatic carbocycles. The summed E-state index contributed by atoms with van der Waals surface area (Å²) in [5.74, 6) is -0.215. The van der Waals surface area contributed by atoms with E-state index in [9.17, 15) is 4.79 Å². The summed E-state index contributed by atoms with van der Waals surface area (Å²) in [5, 5.41) is 8.71. The minimum atomic E-state index is -0.650. The van der Waals surface area contributed by atoms with Gasteiger partial charge in [-0.2, -0.15) is 0 Å². The van der Waals surface area contributed by atoms with E-state index in [1.165, 1.54) is 0 Å². The molecule has 1 aliphatic rings. The van der Waals surface area contributed by atoms with Crippen molar-refractivity contribution in [1.29, 1.82) is 0 Å². The fraction of sp³-hybridized carbons (Fsp3) is 0.600. The van der Waals surface area contributed by atoms with Crippen LogP contribution >= 0.6 is 0 Å². The van der Waals surface area contributed by atoms with Gasteiger partial charge in [-0.3, -0.25) is 4.79 Å². The molecule has 0 spiro atoms. The zero-order valence-electron chi connectivity index (χ0n) is 7.20. The van der Waals surface area contributed by atoms with E-state index in [1.54, 1.807) is 0 Å². The number of hydrogen-bond acceptors (Lipinski definition) is 1. The average Bonchev–Trinajstić information content (AvgIpc) is 2.06. The van der Waals surface area contributed by atoms with Crippen LogP contribution in [0.3, 0.4) is 0 Å².